The van der Waals surface area contributed by atoms with E-state index in [0.29, 0.717) is 13.2 Å². The summed E-state index contributed by atoms with van der Waals surface area (Å²) in [5, 5.41) is 40.6. The van der Waals surface area contributed by atoms with Crippen molar-refractivity contribution < 1.29 is 39.5 Å². The van der Waals surface area contributed by atoms with Crippen LogP contribution in [-0.2, 0) is 9.47 Å². The maximum absolute atomic E-state index is 12.5. The Kier molecular flexibility index (Phi) is 8.86. The molecule has 2 saturated heterocycles. The van der Waals surface area contributed by atoms with Gasteiger partial charge >= 0.3 is 12.1 Å². The van der Waals surface area contributed by atoms with Crippen LogP contribution < -0.4 is 0 Å². The van der Waals surface area contributed by atoms with Crippen molar-refractivity contribution in [3.05, 3.63) is 0 Å². The lowest BCUT2D eigenvalue weighted by atomic mass is 10.4. The Morgan fingerprint density at radius 2 is 1.03 bits per heavy atom. The second kappa shape index (κ2) is 10.9. The van der Waals surface area contributed by atoms with E-state index < -0.39 is 43.6 Å². The number of hydrogen-bond donors (Lipinski definition) is 4. The Hall–Kier alpha value is -1.70. The number of urea groups is 2. The quantitative estimate of drug-likeness (QED) is 0.301. The van der Waals surface area contributed by atoms with Gasteiger partial charge in [0.25, 0.3) is 0 Å². The molecule has 0 aromatic heterocycles. The Morgan fingerprint density at radius 1 is 0.690 bits per heavy atom. The molecular formula is C17H32N4O8. The average Bonchev–Trinajstić information content (AvgIpc) is 3.02. The molecule has 4 N–H and O–H groups in total. The van der Waals surface area contributed by atoms with Crippen molar-refractivity contribution >= 4 is 12.1 Å². The largest absolute Gasteiger partial charge is 0.369 e. The minimum atomic E-state index is -1.62. The number of aliphatic hydroxyl groups is 4. The van der Waals surface area contributed by atoms with Crippen LogP contribution >= 0.6 is 0 Å². The van der Waals surface area contributed by atoms with Crippen molar-refractivity contribution in [1.29, 1.82) is 0 Å². The number of carbonyl (C=O) groups is 2. The molecule has 168 valence electrons. The normalized spacial score (nSPS) is 27.7. The first-order valence-electron chi connectivity index (χ1n) is 9.87. The van der Waals surface area contributed by atoms with Crippen molar-refractivity contribution in [1.82, 2.24) is 19.6 Å². The summed E-state index contributed by atoms with van der Waals surface area (Å²) in [7, 11) is 0. The zero-order chi connectivity index (χ0) is 21.6. The van der Waals surface area contributed by atoms with Crippen LogP contribution in [0.3, 0.4) is 0 Å². The molecule has 0 aromatic carbocycles. The number of rotatable bonds is 12. The van der Waals surface area contributed by atoms with E-state index in [2.05, 4.69) is 0 Å². The summed E-state index contributed by atoms with van der Waals surface area (Å²) >= 11 is 0. The van der Waals surface area contributed by atoms with Gasteiger partial charge in [-0.15, -0.1) is 0 Å². The number of aliphatic hydroxyl groups excluding tert-OH is 4. The maximum atomic E-state index is 12.5. The van der Waals surface area contributed by atoms with Crippen LogP contribution in [0.1, 0.15) is 39.5 Å². The van der Waals surface area contributed by atoms with Crippen molar-refractivity contribution in [3.8, 4) is 0 Å². The summed E-state index contributed by atoms with van der Waals surface area (Å²) in [6.45, 7) is 3.79. The molecule has 0 aromatic rings. The first kappa shape index (κ1) is 23.6. The van der Waals surface area contributed by atoms with Crippen molar-refractivity contribution in [2.75, 3.05) is 33.3 Å². The fourth-order valence-electron chi connectivity index (χ4n) is 2.96. The molecule has 29 heavy (non-hydrogen) atoms. The highest BCUT2D eigenvalue weighted by Crippen LogP contribution is 2.25. The number of carbonyl (C=O) groups excluding carboxylic acids is 2. The van der Waals surface area contributed by atoms with Crippen LogP contribution in [-0.4, -0.2) is 110 Å². The van der Waals surface area contributed by atoms with Gasteiger partial charge in [-0.05, 0) is 12.8 Å². The van der Waals surface area contributed by atoms with Crippen LogP contribution in [0.2, 0.25) is 0 Å². The Labute approximate surface area is 169 Å². The van der Waals surface area contributed by atoms with E-state index in [1.54, 1.807) is 0 Å². The van der Waals surface area contributed by atoms with Crippen LogP contribution in [0.4, 0.5) is 9.59 Å². The average molecular weight is 420 g/mol. The van der Waals surface area contributed by atoms with E-state index in [1.807, 2.05) is 13.8 Å². The summed E-state index contributed by atoms with van der Waals surface area (Å²) in [6.07, 6.45) is -2.95. The molecule has 4 unspecified atom stereocenters. The Bertz CT molecular complexity index is 508. The smallest absolute Gasteiger partial charge is 0.327 e. The summed E-state index contributed by atoms with van der Waals surface area (Å²) in [5.74, 6) is 0. The second-order valence-corrected chi connectivity index (χ2v) is 7.02. The predicted molar refractivity (Wildman–Crippen MR) is 98.5 cm³/mol. The SMILES string of the molecule is CCCCOCN1C(=O)N(CN2C(=O)N(COCCCC)C(O)C2O)C(O)C1O. The first-order chi connectivity index (χ1) is 13.8. The van der Waals surface area contributed by atoms with Gasteiger partial charge in [-0.25, -0.2) is 9.59 Å². The van der Waals surface area contributed by atoms with Crippen molar-refractivity contribution in [3.63, 3.8) is 0 Å². The summed E-state index contributed by atoms with van der Waals surface area (Å²) < 4.78 is 10.6. The van der Waals surface area contributed by atoms with E-state index in [9.17, 15) is 30.0 Å². The third kappa shape index (κ3) is 5.27. The number of unbranched alkanes of at least 4 members (excludes halogenated alkanes) is 2. The highest BCUT2D eigenvalue weighted by atomic mass is 16.5. The van der Waals surface area contributed by atoms with E-state index in [4.69, 9.17) is 9.47 Å². The second-order valence-electron chi connectivity index (χ2n) is 7.02. The van der Waals surface area contributed by atoms with Gasteiger partial charge in [0.1, 0.15) is 20.1 Å². The van der Waals surface area contributed by atoms with E-state index in [-0.39, 0.29) is 13.5 Å². The molecule has 2 rings (SSSR count). The first-order valence-corrected chi connectivity index (χ1v) is 9.87. The number of amides is 4. The molecule has 2 aliphatic rings. The molecule has 12 nitrogen and oxygen atoms in total. The van der Waals surface area contributed by atoms with Crippen LogP contribution in [0.25, 0.3) is 0 Å². The number of ether oxygens (including phenoxy) is 2. The zero-order valence-corrected chi connectivity index (χ0v) is 16.9. The predicted octanol–water partition coefficient (Wildman–Crippen LogP) is -0.759. The van der Waals surface area contributed by atoms with Gasteiger partial charge in [-0.1, -0.05) is 26.7 Å². The third-order valence-corrected chi connectivity index (χ3v) is 4.84. The zero-order valence-electron chi connectivity index (χ0n) is 16.9. The lowest BCUT2D eigenvalue weighted by molar-refractivity contribution is -0.113. The van der Waals surface area contributed by atoms with Crippen molar-refractivity contribution in [2.24, 2.45) is 0 Å². The van der Waals surface area contributed by atoms with Gasteiger partial charge in [0.05, 0.1) is 0 Å². The standard InChI is InChI=1S/C17H32N4O8/c1-3-5-7-28-10-20-14(24)12(22)18(16(20)26)9-19-13(23)15(25)21(17(19)27)11-29-8-6-4-2/h12-15,22-25H,3-11H2,1-2H3. The molecule has 2 fully saturated rings. The molecule has 0 spiro atoms. The topological polar surface area (TPSA) is 146 Å². The molecular weight excluding hydrogens is 388 g/mol. The highest BCUT2D eigenvalue weighted by molar-refractivity contribution is 5.80. The van der Waals surface area contributed by atoms with Crippen molar-refractivity contribution in [2.45, 2.75) is 64.4 Å². The van der Waals surface area contributed by atoms with Gasteiger partial charge in [-0.3, -0.25) is 19.6 Å². The van der Waals surface area contributed by atoms with Gasteiger partial charge in [-0.2, -0.15) is 0 Å². The lowest BCUT2D eigenvalue weighted by Gasteiger charge is -2.27. The molecule has 2 aliphatic heterocycles. The van der Waals surface area contributed by atoms with Gasteiger partial charge in [0.2, 0.25) is 0 Å². The minimum Gasteiger partial charge on any atom is -0.369 e. The molecule has 2 heterocycles. The molecule has 4 amide bonds. The molecule has 0 saturated carbocycles. The lowest BCUT2D eigenvalue weighted by Crippen LogP contribution is -2.48. The van der Waals surface area contributed by atoms with E-state index >= 15 is 0 Å². The molecule has 4 atom stereocenters. The number of nitrogens with zero attached hydrogens (tertiary/aromatic N) is 4. The summed E-state index contributed by atoms with van der Waals surface area (Å²) in [6, 6.07) is -1.51. The fourth-order valence-corrected chi connectivity index (χ4v) is 2.96. The van der Waals surface area contributed by atoms with Crippen LogP contribution in [0.15, 0.2) is 0 Å². The Balaban J connectivity index is 1.96. The van der Waals surface area contributed by atoms with Gasteiger partial charge in [0.15, 0.2) is 24.9 Å². The van der Waals surface area contributed by atoms with Gasteiger partial charge < -0.3 is 29.9 Å². The van der Waals surface area contributed by atoms with Gasteiger partial charge in [0, 0.05) is 13.2 Å². The summed E-state index contributed by atoms with van der Waals surface area (Å²) in [4.78, 5) is 28.6. The summed E-state index contributed by atoms with van der Waals surface area (Å²) in [5.41, 5.74) is 0. The number of hydrogen-bond acceptors (Lipinski definition) is 8. The molecule has 12 heteroatoms. The van der Waals surface area contributed by atoms with E-state index in [1.165, 1.54) is 0 Å². The fraction of sp³-hybridized carbons (Fsp3) is 0.882. The molecule has 0 bridgehead atoms. The third-order valence-electron chi connectivity index (χ3n) is 4.84. The Morgan fingerprint density at radius 3 is 1.38 bits per heavy atom. The van der Waals surface area contributed by atoms with Crippen LogP contribution in [0.5, 0.6) is 0 Å². The molecule has 0 radical (unpaired) electrons. The highest BCUT2D eigenvalue weighted by Gasteiger charge is 2.50. The minimum absolute atomic E-state index is 0.218. The maximum Gasteiger partial charge on any atom is 0.327 e. The molecule has 0 aliphatic carbocycles. The van der Waals surface area contributed by atoms with Crippen LogP contribution in [0, 0.1) is 0 Å². The van der Waals surface area contributed by atoms with E-state index in [0.717, 1.165) is 45.3 Å². The monoisotopic (exact) mass is 420 g/mol.